The third-order valence-corrected chi connectivity index (χ3v) is 8.71. The number of halogens is 3. The average molecular weight is 464 g/mol. The van der Waals surface area contributed by atoms with Crippen LogP contribution in [-0.2, 0) is 11.0 Å². The fourth-order valence-corrected chi connectivity index (χ4v) is 6.43. The Kier molecular flexibility index (Phi) is 7.35. The number of hydrogen-bond acceptors (Lipinski definition) is 1. The highest BCUT2D eigenvalue weighted by Crippen LogP contribution is 2.40. The highest BCUT2D eigenvalue weighted by Gasteiger charge is 2.44. The van der Waals surface area contributed by atoms with Gasteiger partial charge in [-0.3, -0.25) is 0 Å². The zero-order valence-corrected chi connectivity index (χ0v) is 19.3. The number of benzene rings is 3. The lowest BCUT2D eigenvalue weighted by Crippen LogP contribution is -2.43. The van der Waals surface area contributed by atoms with E-state index in [1.807, 2.05) is 60.7 Å². The number of nitrogens with one attached hydrogen (secondary N) is 1. The Hall–Kier alpha value is -2.01. The van der Waals surface area contributed by atoms with Crippen molar-refractivity contribution >= 4 is 34.8 Å². The zero-order chi connectivity index (χ0) is 22.6. The van der Waals surface area contributed by atoms with Crippen LogP contribution >= 0.6 is 7.92 Å². The van der Waals surface area contributed by atoms with Crippen LogP contribution in [0.1, 0.15) is 32.4 Å². The van der Waals surface area contributed by atoms with Crippen LogP contribution in [0.2, 0.25) is 0 Å². The first-order valence-electron chi connectivity index (χ1n) is 9.83. The summed E-state index contributed by atoms with van der Waals surface area (Å²) in [5, 5.41) is 2.50. The second kappa shape index (κ2) is 9.64. The minimum Gasteiger partial charge on any atom is -0.242 e. The lowest BCUT2D eigenvalue weighted by Gasteiger charge is -2.30. The highest BCUT2D eigenvalue weighted by atomic mass is 32.2. The Labute approximate surface area is 185 Å². The van der Waals surface area contributed by atoms with Gasteiger partial charge >= 0.3 is 6.18 Å². The summed E-state index contributed by atoms with van der Waals surface area (Å²) in [6.45, 7) is 4.95. The molecule has 0 fully saturated rings. The van der Waals surface area contributed by atoms with Crippen molar-refractivity contribution < 1.29 is 17.4 Å². The normalized spacial score (nSPS) is 14.4. The molecule has 1 N–H and O–H groups in total. The molecule has 3 aromatic carbocycles. The third kappa shape index (κ3) is 5.82. The summed E-state index contributed by atoms with van der Waals surface area (Å²) in [7, 11) is -3.13. The Balaban J connectivity index is 2.18. The molecule has 0 aromatic heterocycles. The molecule has 0 aliphatic rings. The maximum absolute atomic E-state index is 14.2. The van der Waals surface area contributed by atoms with E-state index in [1.165, 1.54) is 6.07 Å². The topological polar surface area (TPSA) is 29.1 Å². The minimum atomic E-state index is -4.61. The lowest BCUT2D eigenvalue weighted by molar-refractivity contribution is -0.152. The molecule has 0 saturated carbocycles. The van der Waals surface area contributed by atoms with Gasteiger partial charge < -0.3 is 0 Å². The molecule has 0 saturated heterocycles. The Morgan fingerprint density at radius 2 is 1.23 bits per heavy atom. The molecule has 0 amide bonds. The predicted octanol–water partition coefficient (Wildman–Crippen LogP) is 5.10. The third-order valence-electron chi connectivity index (χ3n) is 4.63. The van der Waals surface area contributed by atoms with Crippen LogP contribution < -0.4 is 20.6 Å². The summed E-state index contributed by atoms with van der Waals surface area (Å²) in [4.78, 5) is 0. The van der Waals surface area contributed by atoms with Crippen LogP contribution in [-0.4, -0.2) is 15.1 Å². The summed E-state index contributed by atoms with van der Waals surface area (Å²) in [6.07, 6.45) is -4.61. The van der Waals surface area contributed by atoms with E-state index in [9.17, 15) is 17.4 Å². The van der Waals surface area contributed by atoms with Crippen molar-refractivity contribution in [2.24, 2.45) is 0 Å². The molecule has 3 rings (SSSR count). The van der Waals surface area contributed by atoms with Crippen molar-refractivity contribution in [3.63, 3.8) is 0 Å². The molecule has 0 heterocycles. The lowest BCUT2D eigenvalue weighted by atomic mass is 10.1. The molecule has 2 atom stereocenters. The monoisotopic (exact) mass is 463 g/mol. The molecule has 0 radical (unpaired) electrons. The largest absolute Gasteiger partial charge is 0.408 e. The van der Waals surface area contributed by atoms with Crippen LogP contribution in [0, 0.1) is 0 Å². The maximum atomic E-state index is 14.2. The number of hydrogen-bond donors (Lipinski definition) is 1. The molecular weight excluding hydrogens is 438 g/mol. The fourth-order valence-electron chi connectivity index (χ4n) is 3.11. The van der Waals surface area contributed by atoms with Gasteiger partial charge in [0.1, 0.15) is 6.04 Å². The standard InChI is InChI=1S/C24H25F3NOPS/c1-23(2,3)31(29)28-22(24(25,26)27)20-16-10-11-17-21(20)30(18-12-6-4-7-13-18)19-14-8-5-9-15-19/h4-17,22,28H,1-3H3. The predicted molar refractivity (Wildman–Crippen MR) is 125 cm³/mol. The summed E-state index contributed by atoms with van der Waals surface area (Å²) in [6, 6.07) is 23.7. The summed E-state index contributed by atoms with van der Waals surface area (Å²) < 4.78 is 56.8. The summed E-state index contributed by atoms with van der Waals surface area (Å²) >= 11 is 0. The van der Waals surface area contributed by atoms with E-state index in [0.29, 0.717) is 5.30 Å². The molecule has 31 heavy (non-hydrogen) atoms. The van der Waals surface area contributed by atoms with Crippen molar-refractivity contribution in [3.05, 3.63) is 90.5 Å². The van der Waals surface area contributed by atoms with Crippen molar-refractivity contribution in [2.75, 3.05) is 0 Å². The molecule has 0 bridgehead atoms. The summed E-state index contributed by atoms with van der Waals surface area (Å²) in [5.74, 6) is 0. The van der Waals surface area contributed by atoms with Crippen LogP contribution in [0.4, 0.5) is 13.2 Å². The molecule has 0 aliphatic heterocycles. The zero-order valence-electron chi connectivity index (χ0n) is 17.6. The van der Waals surface area contributed by atoms with Crippen LogP contribution in [0.25, 0.3) is 0 Å². The van der Waals surface area contributed by atoms with Gasteiger partial charge in [-0.1, -0.05) is 84.9 Å². The Morgan fingerprint density at radius 3 is 1.68 bits per heavy atom. The number of alkyl halides is 3. The van der Waals surface area contributed by atoms with E-state index in [2.05, 4.69) is 4.72 Å². The smallest absolute Gasteiger partial charge is 0.242 e. The fraction of sp³-hybridized carbons (Fsp3) is 0.250. The summed E-state index contributed by atoms with van der Waals surface area (Å²) in [5.41, 5.74) is 0.103. The van der Waals surface area contributed by atoms with E-state index < -0.39 is 35.9 Å². The van der Waals surface area contributed by atoms with E-state index >= 15 is 0 Å². The molecule has 2 unspecified atom stereocenters. The molecule has 0 aliphatic carbocycles. The van der Waals surface area contributed by atoms with Crippen LogP contribution in [0.15, 0.2) is 84.9 Å². The van der Waals surface area contributed by atoms with Crippen molar-refractivity contribution in [3.8, 4) is 0 Å². The van der Waals surface area contributed by atoms with E-state index in [-0.39, 0.29) is 5.56 Å². The first-order chi connectivity index (χ1) is 14.6. The SMILES string of the molecule is CC(C)(C)S(=O)NC(c1ccccc1P(c1ccccc1)c1ccccc1)C(F)(F)F. The molecule has 164 valence electrons. The average Bonchev–Trinajstić information content (AvgIpc) is 2.73. The quantitative estimate of drug-likeness (QED) is 0.507. The van der Waals surface area contributed by atoms with Crippen molar-refractivity contribution in [1.29, 1.82) is 0 Å². The molecule has 0 spiro atoms. The van der Waals surface area contributed by atoms with Gasteiger partial charge in [0.25, 0.3) is 0 Å². The van der Waals surface area contributed by atoms with Gasteiger partial charge in [-0.15, -0.1) is 0 Å². The van der Waals surface area contributed by atoms with Gasteiger partial charge in [0, 0.05) is 0 Å². The van der Waals surface area contributed by atoms with Gasteiger partial charge in [-0.2, -0.15) is 13.2 Å². The molecule has 7 heteroatoms. The van der Waals surface area contributed by atoms with Gasteiger partial charge in [-0.25, -0.2) is 8.93 Å². The first kappa shape index (κ1) is 23.6. The Bertz CT molecular complexity index is 981. The molecule has 2 nitrogen and oxygen atoms in total. The van der Waals surface area contributed by atoms with Gasteiger partial charge in [0.15, 0.2) is 0 Å². The highest BCUT2D eigenvalue weighted by molar-refractivity contribution is 7.84. The van der Waals surface area contributed by atoms with E-state index in [4.69, 9.17) is 0 Å². The van der Waals surface area contributed by atoms with E-state index in [0.717, 1.165) is 10.6 Å². The molecular formula is C24H25F3NOPS. The van der Waals surface area contributed by atoms with Crippen molar-refractivity contribution in [1.82, 2.24) is 4.72 Å². The van der Waals surface area contributed by atoms with Gasteiger partial charge in [0.2, 0.25) is 0 Å². The minimum absolute atomic E-state index is 0.103. The maximum Gasteiger partial charge on any atom is 0.408 e. The van der Waals surface area contributed by atoms with E-state index in [1.54, 1.807) is 39.0 Å². The number of rotatable bonds is 6. The van der Waals surface area contributed by atoms with Crippen LogP contribution in [0.5, 0.6) is 0 Å². The second-order valence-electron chi connectivity index (χ2n) is 8.04. The van der Waals surface area contributed by atoms with Crippen LogP contribution in [0.3, 0.4) is 0 Å². The second-order valence-corrected chi connectivity index (χ2v) is 12.2. The Morgan fingerprint density at radius 1 is 0.774 bits per heavy atom. The first-order valence-corrected chi connectivity index (χ1v) is 12.3. The van der Waals surface area contributed by atoms with Gasteiger partial charge in [0.05, 0.1) is 15.7 Å². The van der Waals surface area contributed by atoms with Gasteiger partial charge in [-0.05, 0) is 50.2 Å². The van der Waals surface area contributed by atoms with Crippen molar-refractivity contribution in [2.45, 2.75) is 37.7 Å². The molecule has 3 aromatic rings.